The van der Waals surface area contributed by atoms with Gasteiger partial charge in [0, 0.05) is 60.5 Å². The van der Waals surface area contributed by atoms with E-state index in [2.05, 4.69) is 15.3 Å². The number of phenolic OH excluding ortho intramolecular Hbond substituents is 1. The third-order valence-electron chi connectivity index (χ3n) is 8.51. The molecule has 0 fully saturated rings. The highest BCUT2D eigenvalue weighted by Gasteiger charge is 2.36. The van der Waals surface area contributed by atoms with Crippen molar-refractivity contribution in [2.75, 3.05) is 34.1 Å². The van der Waals surface area contributed by atoms with Crippen LogP contribution in [0.15, 0.2) is 54.7 Å². The molecule has 1 atom stereocenters. The first-order chi connectivity index (χ1) is 21.9. The number of ether oxygens (including phenoxy) is 1. The number of hydrogen-bond acceptors (Lipinski definition) is 6. The van der Waals surface area contributed by atoms with Crippen LogP contribution in [0.25, 0.3) is 21.7 Å². The molecule has 12 heteroatoms. The number of aromatic hydroxyl groups is 1. The highest BCUT2D eigenvalue weighted by Crippen LogP contribution is 2.45. The smallest absolute Gasteiger partial charge is 0.414 e. The van der Waals surface area contributed by atoms with Crippen molar-refractivity contribution >= 4 is 68.4 Å². The maximum absolute atomic E-state index is 13.8. The number of hydrogen-bond donors (Lipinski definition) is 3. The first-order valence-electron chi connectivity index (χ1n) is 15.1. The lowest BCUT2D eigenvalue weighted by molar-refractivity contribution is 0.0583. The van der Waals surface area contributed by atoms with Gasteiger partial charge in [0.15, 0.2) is 5.82 Å². The monoisotopic (exact) mass is 640 g/mol. The number of fused-ring (bicyclic) bond motifs is 6. The van der Waals surface area contributed by atoms with E-state index in [0.717, 1.165) is 33.1 Å². The first-order valence-corrected chi connectivity index (χ1v) is 15.6. The van der Waals surface area contributed by atoms with Gasteiger partial charge in [0.1, 0.15) is 17.0 Å². The average molecular weight is 641 g/mol. The molecule has 0 bridgehead atoms. The minimum Gasteiger partial charge on any atom is -0.507 e. The van der Waals surface area contributed by atoms with Crippen molar-refractivity contribution in [3.63, 3.8) is 0 Å². The summed E-state index contributed by atoms with van der Waals surface area (Å²) in [5.74, 6) is -0.190. The van der Waals surface area contributed by atoms with Gasteiger partial charge in [-0.3, -0.25) is 14.5 Å². The summed E-state index contributed by atoms with van der Waals surface area (Å²) in [6, 6.07) is 14.6. The topological polar surface area (TPSA) is 133 Å². The van der Waals surface area contributed by atoms with Crippen molar-refractivity contribution in [1.29, 1.82) is 0 Å². The van der Waals surface area contributed by atoms with Crippen LogP contribution in [-0.4, -0.2) is 62.1 Å². The van der Waals surface area contributed by atoms with Gasteiger partial charge in [0.05, 0.1) is 11.4 Å². The number of nitrogens with one attached hydrogen (secondary N) is 2. The second-order valence-electron chi connectivity index (χ2n) is 12.7. The molecule has 0 aliphatic carbocycles. The molecule has 0 unspecified atom stereocenters. The van der Waals surface area contributed by atoms with E-state index in [1.807, 2.05) is 57.2 Å². The summed E-state index contributed by atoms with van der Waals surface area (Å²) in [5, 5.41) is 16.0. The van der Waals surface area contributed by atoms with Gasteiger partial charge in [-0.15, -0.1) is 11.6 Å². The lowest BCUT2D eigenvalue weighted by Gasteiger charge is -2.24. The zero-order chi connectivity index (χ0) is 32.5. The van der Waals surface area contributed by atoms with Gasteiger partial charge in [0.25, 0.3) is 11.8 Å². The van der Waals surface area contributed by atoms with Crippen LogP contribution >= 0.6 is 11.6 Å². The lowest BCUT2D eigenvalue weighted by Crippen LogP contribution is -2.35. The van der Waals surface area contributed by atoms with Crippen molar-refractivity contribution in [1.82, 2.24) is 14.5 Å². The summed E-state index contributed by atoms with van der Waals surface area (Å²) in [6.45, 7) is 6.32. The normalized spacial score (nSPS) is 15.8. The number of benzene rings is 3. The second-order valence-corrected chi connectivity index (χ2v) is 13.1. The number of anilines is 3. The maximum Gasteiger partial charge on any atom is 0.414 e. The number of carbonyl (C=O) groups is 3. The fourth-order valence-electron chi connectivity index (χ4n) is 6.52. The Labute approximate surface area is 269 Å². The van der Waals surface area contributed by atoms with E-state index in [0.29, 0.717) is 42.2 Å². The first kappa shape index (κ1) is 29.7. The summed E-state index contributed by atoms with van der Waals surface area (Å²) in [6.07, 6.45) is 1.81. The van der Waals surface area contributed by atoms with Crippen LogP contribution in [-0.2, 0) is 18.2 Å². The van der Waals surface area contributed by atoms with Gasteiger partial charge >= 0.3 is 6.09 Å². The molecule has 4 heterocycles. The molecular weight excluding hydrogens is 608 g/mol. The van der Waals surface area contributed by atoms with Crippen LogP contribution in [0.3, 0.4) is 0 Å². The third-order valence-corrected chi connectivity index (χ3v) is 8.88. The third kappa shape index (κ3) is 4.91. The van der Waals surface area contributed by atoms with E-state index >= 15 is 0 Å². The zero-order valence-corrected chi connectivity index (χ0v) is 26.6. The number of aryl methyl sites for hydroxylation is 1. The van der Waals surface area contributed by atoms with E-state index in [1.165, 1.54) is 0 Å². The summed E-state index contributed by atoms with van der Waals surface area (Å²) in [5.41, 5.74) is 3.71. The Morgan fingerprint density at radius 2 is 1.83 bits per heavy atom. The highest BCUT2D eigenvalue weighted by molar-refractivity contribution is 6.19. The Bertz CT molecular complexity index is 2080. The Kier molecular flexibility index (Phi) is 6.97. The fourth-order valence-corrected chi connectivity index (χ4v) is 6.77. The molecule has 0 spiro atoms. The lowest BCUT2D eigenvalue weighted by atomic mass is 9.95. The molecule has 2 aromatic heterocycles. The molecule has 2 aliphatic rings. The van der Waals surface area contributed by atoms with Crippen molar-refractivity contribution in [2.45, 2.75) is 38.7 Å². The molecule has 3 N–H and O–H groups in total. The molecule has 2 aliphatic heterocycles. The van der Waals surface area contributed by atoms with Crippen molar-refractivity contribution < 1.29 is 24.2 Å². The number of rotatable bonds is 4. The van der Waals surface area contributed by atoms with Crippen molar-refractivity contribution in [3.05, 3.63) is 77.4 Å². The van der Waals surface area contributed by atoms with Crippen molar-refractivity contribution in [2.24, 2.45) is 7.05 Å². The molecule has 7 rings (SSSR count). The Morgan fingerprint density at radius 3 is 2.57 bits per heavy atom. The minimum absolute atomic E-state index is 0.0803. The molecule has 46 heavy (non-hydrogen) atoms. The molecule has 3 amide bonds. The summed E-state index contributed by atoms with van der Waals surface area (Å²) < 4.78 is 7.14. The Balaban J connectivity index is 1.13. The summed E-state index contributed by atoms with van der Waals surface area (Å²) >= 11 is 6.35. The SMILES string of the molecule is Cn1cc(NC(=O)c2cc3c4c(ccc3[nH]2)N(C(=O)OC(C)(C)C)CC4)nc1C(=O)N1C[C@@H](CCl)c2c1cc(O)c1ccccc21. The number of halogens is 1. The molecule has 0 saturated carbocycles. The number of carbonyl (C=O) groups excluding carboxylic acids is 3. The summed E-state index contributed by atoms with van der Waals surface area (Å²) in [4.78, 5) is 50.8. The standard InChI is InChI=1S/C34H33ClN6O5/c1-34(2,3)46-33(45)40-12-11-19-22-13-24(36-23(22)9-10-25(19)40)31(43)38-28-17-39(4)30(37-28)32(44)41-16-18(15-35)29-21-8-6-5-7-20(21)27(42)14-26(29)41/h5-10,13-14,17-18,36,42H,11-12,15-16H2,1-4H3,(H,38,43)/t18-/m1/s1. The Hall–Kier alpha value is -5.03. The molecule has 0 radical (unpaired) electrons. The van der Waals surface area contributed by atoms with E-state index in [4.69, 9.17) is 16.3 Å². The molecule has 236 valence electrons. The van der Waals surface area contributed by atoms with E-state index < -0.39 is 17.6 Å². The zero-order valence-electron chi connectivity index (χ0n) is 25.8. The van der Waals surface area contributed by atoms with E-state index in [9.17, 15) is 19.5 Å². The molecular formula is C34H33ClN6O5. The van der Waals surface area contributed by atoms with Crippen LogP contribution in [0.4, 0.5) is 22.0 Å². The number of amides is 3. The van der Waals surface area contributed by atoms with Gasteiger partial charge < -0.3 is 29.6 Å². The summed E-state index contributed by atoms with van der Waals surface area (Å²) in [7, 11) is 1.69. The fraction of sp³-hybridized carbons (Fsp3) is 0.294. The van der Waals surface area contributed by atoms with Crippen LogP contribution in [0, 0.1) is 0 Å². The van der Waals surface area contributed by atoms with E-state index in [1.54, 1.807) is 39.7 Å². The maximum atomic E-state index is 13.8. The van der Waals surface area contributed by atoms with Gasteiger partial charge in [-0.25, -0.2) is 9.78 Å². The van der Waals surface area contributed by atoms with Crippen molar-refractivity contribution in [3.8, 4) is 5.75 Å². The molecule has 5 aromatic rings. The number of imidazole rings is 1. The van der Waals surface area contributed by atoms with Gasteiger partial charge in [0.2, 0.25) is 5.82 Å². The largest absolute Gasteiger partial charge is 0.507 e. The molecule has 3 aromatic carbocycles. The second kappa shape index (κ2) is 10.8. The van der Waals surface area contributed by atoms with Crippen LogP contribution in [0.5, 0.6) is 5.75 Å². The number of aromatic nitrogens is 3. The van der Waals surface area contributed by atoms with E-state index in [-0.39, 0.29) is 29.2 Å². The predicted molar refractivity (Wildman–Crippen MR) is 177 cm³/mol. The number of alkyl halides is 1. The minimum atomic E-state index is -0.608. The number of aromatic amines is 1. The van der Waals surface area contributed by atoms with Crippen LogP contribution in [0.2, 0.25) is 0 Å². The molecule has 0 saturated heterocycles. The number of H-pyrrole nitrogens is 1. The predicted octanol–water partition coefficient (Wildman–Crippen LogP) is 6.29. The van der Waals surface area contributed by atoms with Crippen LogP contribution in [0.1, 0.15) is 58.9 Å². The number of nitrogens with zero attached hydrogens (tertiary/aromatic N) is 4. The Morgan fingerprint density at radius 1 is 1.07 bits per heavy atom. The highest BCUT2D eigenvalue weighted by atomic mass is 35.5. The average Bonchev–Trinajstić information content (AvgIpc) is 3.79. The van der Waals surface area contributed by atoms with Crippen LogP contribution < -0.4 is 15.1 Å². The molecule has 11 nitrogen and oxygen atoms in total. The van der Waals surface area contributed by atoms with Gasteiger partial charge in [-0.2, -0.15) is 0 Å². The number of phenols is 1. The quantitative estimate of drug-likeness (QED) is 0.198. The van der Waals surface area contributed by atoms with Gasteiger partial charge in [-0.05, 0) is 61.9 Å². The van der Waals surface area contributed by atoms with Gasteiger partial charge in [-0.1, -0.05) is 24.3 Å².